The van der Waals surface area contributed by atoms with Crippen molar-refractivity contribution in [1.82, 2.24) is 0 Å². The van der Waals surface area contributed by atoms with E-state index >= 15 is 0 Å². The van der Waals surface area contributed by atoms with Crippen LogP contribution >= 0.6 is 23.2 Å². The Balaban J connectivity index is 1.70. The fraction of sp³-hybridized carbons (Fsp3) is 0.174. The molecular formula is C23H19Cl2F3N2O4S. The van der Waals surface area contributed by atoms with Crippen LogP contribution in [-0.2, 0) is 21.0 Å². The molecule has 186 valence electrons. The summed E-state index contributed by atoms with van der Waals surface area (Å²) >= 11 is 11.5. The molecule has 0 aliphatic carbocycles. The number of halogens is 5. The van der Waals surface area contributed by atoms with E-state index in [2.05, 4.69) is 10.0 Å². The van der Waals surface area contributed by atoms with Crippen molar-refractivity contribution < 1.29 is 31.1 Å². The number of anilines is 2. The number of carbonyl (C=O) groups excluding carboxylic acids is 1. The monoisotopic (exact) mass is 546 g/mol. The van der Waals surface area contributed by atoms with Gasteiger partial charge in [-0.05, 0) is 67.1 Å². The van der Waals surface area contributed by atoms with Crippen molar-refractivity contribution in [2.75, 3.05) is 10.0 Å². The predicted octanol–water partition coefficient (Wildman–Crippen LogP) is 6.61. The molecular weight excluding hydrogens is 528 g/mol. The van der Waals surface area contributed by atoms with E-state index in [0.29, 0.717) is 28.9 Å². The van der Waals surface area contributed by atoms with Gasteiger partial charge in [-0.3, -0.25) is 9.52 Å². The summed E-state index contributed by atoms with van der Waals surface area (Å²) in [6, 6.07) is 14.4. The molecule has 0 bridgehead atoms. The van der Waals surface area contributed by atoms with Gasteiger partial charge >= 0.3 is 6.18 Å². The van der Waals surface area contributed by atoms with Crippen LogP contribution in [0.3, 0.4) is 0 Å². The highest BCUT2D eigenvalue weighted by Gasteiger charge is 2.33. The molecule has 0 spiro atoms. The standard InChI is InChI=1S/C23H19Cl2F3N2O4S/c1-2-21(34-17-5-3-4-14(24)12-17)22(31)29-15-6-9-18(10-7-15)35(32,33)30-16-8-11-20(25)19(13-16)23(26,27)28/h3-13,21,30H,2H2,1H3,(H,29,31)/t21-/m0/s1. The van der Waals surface area contributed by atoms with E-state index in [0.717, 1.165) is 12.1 Å². The Labute approximate surface area is 210 Å². The highest BCUT2D eigenvalue weighted by Crippen LogP contribution is 2.36. The van der Waals surface area contributed by atoms with Crippen molar-refractivity contribution >= 4 is 50.5 Å². The highest BCUT2D eigenvalue weighted by atomic mass is 35.5. The number of sulfonamides is 1. The number of ether oxygens (including phenoxy) is 1. The van der Waals surface area contributed by atoms with Gasteiger partial charge in [0.2, 0.25) is 0 Å². The minimum Gasteiger partial charge on any atom is -0.481 e. The number of hydrogen-bond acceptors (Lipinski definition) is 4. The molecule has 0 heterocycles. The number of nitrogens with one attached hydrogen (secondary N) is 2. The Bertz CT molecular complexity index is 1320. The van der Waals surface area contributed by atoms with Crippen molar-refractivity contribution in [2.24, 2.45) is 0 Å². The molecule has 0 aliphatic heterocycles. The third-order valence-electron chi connectivity index (χ3n) is 4.69. The second-order valence-electron chi connectivity index (χ2n) is 7.28. The fourth-order valence-corrected chi connectivity index (χ4v) is 4.44. The first-order chi connectivity index (χ1) is 16.4. The lowest BCUT2D eigenvalue weighted by Crippen LogP contribution is -2.32. The fourth-order valence-electron chi connectivity index (χ4n) is 2.99. The van der Waals surface area contributed by atoms with Gasteiger partial charge in [0.25, 0.3) is 15.9 Å². The zero-order valence-corrected chi connectivity index (χ0v) is 20.4. The molecule has 0 aromatic heterocycles. The second kappa shape index (κ2) is 10.8. The molecule has 0 unspecified atom stereocenters. The van der Waals surface area contributed by atoms with Gasteiger partial charge in [-0.2, -0.15) is 13.2 Å². The summed E-state index contributed by atoms with van der Waals surface area (Å²) in [5, 5.41) is 2.54. The molecule has 3 rings (SSSR count). The average molecular weight is 547 g/mol. The third-order valence-corrected chi connectivity index (χ3v) is 6.66. The van der Waals surface area contributed by atoms with Crippen LogP contribution in [0.5, 0.6) is 5.75 Å². The van der Waals surface area contributed by atoms with Gasteiger partial charge in [-0.15, -0.1) is 0 Å². The summed E-state index contributed by atoms with van der Waals surface area (Å²) in [6.07, 6.45) is -5.22. The summed E-state index contributed by atoms with van der Waals surface area (Å²) < 4.78 is 72.1. The minimum absolute atomic E-state index is 0.221. The summed E-state index contributed by atoms with van der Waals surface area (Å²) in [4.78, 5) is 12.4. The quantitative estimate of drug-likeness (QED) is 0.333. The molecule has 12 heteroatoms. The lowest BCUT2D eigenvalue weighted by atomic mass is 10.2. The summed E-state index contributed by atoms with van der Waals surface area (Å²) in [6.45, 7) is 1.76. The molecule has 0 radical (unpaired) electrons. The minimum atomic E-state index is -4.74. The van der Waals surface area contributed by atoms with Gasteiger partial charge < -0.3 is 10.1 Å². The smallest absolute Gasteiger partial charge is 0.417 e. The SMILES string of the molecule is CC[C@H](Oc1cccc(Cl)c1)C(=O)Nc1ccc(S(=O)(=O)Nc2ccc(Cl)c(C(F)(F)F)c2)cc1. The van der Waals surface area contributed by atoms with Crippen LogP contribution in [0.4, 0.5) is 24.5 Å². The van der Waals surface area contributed by atoms with Gasteiger partial charge in [0.1, 0.15) is 5.75 Å². The Hall–Kier alpha value is -2.95. The van der Waals surface area contributed by atoms with E-state index in [4.69, 9.17) is 27.9 Å². The van der Waals surface area contributed by atoms with Gasteiger partial charge in [-0.1, -0.05) is 36.2 Å². The van der Waals surface area contributed by atoms with Crippen molar-refractivity contribution in [3.8, 4) is 5.75 Å². The molecule has 3 aromatic carbocycles. The first-order valence-corrected chi connectivity index (χ1v) is 12.4. The number of carbonyl (C=O) groups is 1. The first-order valence-electron chi connectivity index (χ1n) is 10.1. The second-order valence-corrected chi connectivity index (χ2v) is 9.81. The number of amides is 1. The van der Waals surface area contributed by atoms with Crippen molar-refractivity contribution in [3.63, 3.8) is 0 Å². The number of alkyl halides is 3. The van der Waals surface area contributed by atoms with Crippen LogP contribution in [0.2, 0.25) is 10.0 Å². The van der Waals surface area contributed by atoms with Crippen LogP contribution in [0.25, 0.3) is 0 Å². The molecule has 3 aromatic rings. The molecule has 6 nitrogen and oxygen atoms in total. The van der Waals surface area contributed by atoms with Gasteiger partial charge in [0.15, 0.2) is 6.10 Å². The highest BCUT2D eigenvalue weighted by molar-refractivity contribution is 7.92. The summed E-state index contributed by atoms with van der Waals surface area (Å²) in [5.41, 5.74) is -1.17. The predicted molar refractivity (Wildman–Crippen MR) is 128 cm³/mol. The average Bonchev–Trinajstić information content (AvgIpc) is 2.78. The number of benzene rings is 3. The molecule has 0 fully saturated rings. The van der Waals surface area contributed by atoms with Crippen LogP contribution in [0, 0.1) is 0 Å². The van der Waals surface area contributed by atoms with Crippen LogP contribution in [0.15, 0.2) is 71.6 Å². The molecule has 2 N–H and O–H groups in total. The lowest BCUT2D eigenvalue weighted by Gasteiger charge is -2.17. The van der Waals surface area contributed by atoms with E-state index in [1.54, 1.807) is 31.2 Å². The van der Waals surface area contributed by atoms with Gasteiger partial charge in [0, 0.05) is 16.4 Å². The zero-order valence-electron chi connectivity index (χ0n) is 18.1. The van der Waals surface area contributed by atoms with E-state index in [1.165, 1.54) is 24.3 Å². The maximum atomic E-state index is 13.0. The van der Waals surface area contributed by atoms with Crippen LogP contribution < -0.4 is 14.8 Å². The van der Waals surface area contributed by atoms with Crippen LogP contribution in [0.1, 0.15) is 18.9 Å². The maximum absolute atomic E-state index is 13.0. The van der Waals surface area contributed by atoms with Crippen molar-refractivity contribution in [3.05, 3.63) is 82.3 Å². The van der Waals surface area contributed by atoms with Crippen molar-refractivity contribution in [2.45, 2.75) is 30.5 Å². The molecule has 1 atom stereocenters. The normalized spacial score (nSPS) is 12.6. The molecule has 1 amide bonds. The maximum Gasteiger partial charge on any atom is 0.417 e. The van der Waals surface area contributed by atoms with Gasteiger partial charge in [0.05, 0.1) is 15.5 Å². The Morgan fingerprint density at radius 1 is 1.00 bits per heavy atom. The van der Waals surface area contributed by atoms with E-state index in [1.807, 2.05) is 0 Å². The van der Waals surface area contributed by atoms with E-state index in [9.17, 15) is 26.4 Å². The zero-order chi connectivity index (χ0) is 25.8. The lowest BCUT2D eigenvalue weighted by molar-refractivity contribution is -0.137. The Morgan fingerprint density at radius 2 is 1.66 bits per heavy atom. The molecule has 0 saturated heterocycles. The Morgan fingerprint density at radius 3 is 2.26 bits per heavy atom. The van der Waals surface area contributed by atoms with Gasteiger partial charge in [-0.25, -0.2) is 8.42 Å². The summed E-state index contributed by atoms with van der Waals surface area (Å²) in [7, 11) is -4.21. The van der Waals surface area contributed by atoms with Crippen molar-refractivity contribution in [1.29, 1.82) is 0 Å². The van der Waals surface area contributed by atoms with E-state index in [-0.39, 0.29) is 10.6 Å². The number of hydrogen-bond donors (Lipinski definition) is 2. The summed E-state index contributed by atoms with van der Waals surface area (Å²) in [5.74, 6) is -0.0371. The van der Waals surface area contributed by atoms with E-state index < -0.39 is 38.8 Å². The topological polar surface area (TPSA) is 84.5 Å². The number of rotatable bonds is 8. The largest absolute Gasteiger partial charge is 0.481 e. The van der Waals surface area contributed by atoms with Crippen LogP contribution in [-0.4, -0.2) is 20.4 Å². The third kappa shape index (κ3) is 7.03. The molecule has 0 saturated carbocycles. The first kappa shape index (κ1) is 26.7. The molecule has 0 aliphatic rings. The molecule has 35 heavy (non-hydrogen) atoms. The Kier molecular flexibility index (Phi) is 8.19.